The van der Waals surface area contributed by atoms with Gasteiger partial charge in [0.25, 0.3) is 0 Å². The maximum atomic E-state index is 12.2. The molecular weight excluding hydrogens is 389 g/mol. The van der Waals surface area contributed by atoms with Crippen molar-refractivity contribution in [3.63, 3.8) is 0 Å². The Morgan fingerprint density at radius 2 is 2.06 bits per heavy atom. The van der Waals surface area contributed by atoms with Crippen molar-refractivity contribution in [1.82, 2.24) is 0 Å². The van der Waals surface area contributed by atoms with Crippen LogP contribution in [0.15, 0.2) is 33.2 Å². The van der Waals surface area contributed by atoms with E-state index < -0.39 is 0 Å². The van der Waals surface area contributed by atoms with Gasteiger partial charge in [0.15, 0.2) is 0 Å². The Hall–Kier alpha value is -0.360. The smallest absolute Gasteiger partial charge is 0.204 e. The van der Waals surface area contributed by atoms with Crippen molar-refractivity contribution >= 4 is 66.3 Å². The third-order valence-electron chi connectivity index (χ3n) is 2.14. The van der Waals surface area contributed by atoms with Gasteiger partial charge in [-0.3, -0.25) is 4.79 Å². The molecule has 0 bridgehead atoms. The Kier molecular flexibility index (Phi) is 3.92. The number of hydrogen-bond donors (Lipinski definition) is 1. The molecule has 0 radical (unpaired) electrons. The number of benzene rings is 1. The molecule has 0 saturated carbocycles. The standard InChI is InChI=1S/C11H6Br2ClNOS/c12-6-4-8(17-11(6)14)10(16)5-2-1-3-7(15)9(5)13/h1-4H,15H2. The lowest BCUT2D eigenvalue weighted by atomic mass is 10.1. The normalized spacial score (nSPS) is 10.5. The van der Waals surface area contributed by atoms with Gasteiger partial charge in [0, 0.05) is 15.7 Å². The SMILES string of the molecule is Nc1cccc(C(=O)c2cc(Br)c(Cl)s2)c1Br. The molecule has 1 aromatic carbocycles. The third kappa shape index (κ3) is 2.57. The number of thiophene rings is 1. The highest BCUT2D eigenvalue weighted by molar-refractivity contribution is 9.11. The number of carbonyl (C=O) groups excluding carboxylic acids is 1. The summed E-state index contributed by atoms with van der Waals surface area (Å²) in [4.78, 5) is 12.8. The lowest BCUT2D eigenvalue weighted by molar-refractivity contribution is 0.104. The van der Waals surface area contributed by atoms with Crippen molar-refractivity contribution < 1.29 is 4.79 Å². The molecule has 0 aliphatic rings. The topological polar surface area (TPSA) is 43.1 Å². The predicted octanol–water partition coefficient (Wildman–Crippen LogP) is 4.74. The van der Waals surface area contributed by atoms with E-state index in [-0.39, 0.29) is 5.78 Å². The first kappa shape index (κ1) is 13.1. The van der Waals surface area contributed by atoms with Crippen LogP contribution in [0, 0.1) is 0 Å². The van der Waals surface area contributed by atoms with Gasteiger partial charge < -0.3 is 5.73 Å². The van der Waals surface area contributed by atoms with Gasteiger partial charge in [-0.1, -0.05) is 17.7 Å². The number of rotatable bonds is 2. The molecule has 88 valence electrons. The number of nitrogens with two attached hydrogens (primary N) is 1. The predicted molar refractivity (Wildman–Crippen MR) is 79.0 cm³/mol. The van der Waals surface area contributed by atoms with Crippen molar-refractivity contribution in [2.24, 2.45) is 0 Å². The maximum Gasteiger partial charge on any atom is 0.204 e. The first-order valence-electron chi connectivity index (χ1n) is 4.54. The van der Waals surface area contributed by atoms with Crippen LogP contribution >= 0.6 is 54.8 Å². The zero-order valence-electron chi connectivity index (χ0n) is 8.34. The fourth-order valence-corrected chi connectivity index (χ4v) is 3.42. The van der Waals surface area contributed by atoms with Crippen LogP contribution < -0.4 is 5.73 Å². The molecule has 2 nitrogen and oxygen atoms in total. The fourth-order valence-electron chi connectivity index (χ4n) is 1.32. The van der Waals surface area contributed by atoms with E-state index in [1.54, 1.807) is 24.3 Å². The van der Waals surface area contributed by atoms with Crippen molar-refractivity contribution in [3.05, 3.63) is 48.0 Å². The van der Waals surface area contributed by atoms with E-state index in [9.17, 15) is 4.79 Å². The molecule has 0 saturated heterocycles. The Morgan fingerprint density at radius 3 is 2.65 bits per heavy atom. The molecule has 0 amide bonds. The van der Waals surface area contributed by atoms with E-state index in [1.165, 1.54) is 11.3 Å². The van der Waals surface area contributed by atoms with Gasteiger partial charge in [0.2, 0.25) is 5.78 Å². The summed E-state index contributed by atoms with van der Waals surface area (Å²) in [7, 11) is 0. The molecule has 0 atom stereocenters. The second kappa shape index (κ2) is 5.10. The Balaban J connectivity index is 2.47. The molecule has 2 aromatic rings. The first-order valence-corrected chi connectivity index (χ1v) is 7.32. The van der Waals surface area contributed by atoms with Crippen LogP contribution in [0.4, 0.5) is 5.69 Å². The molecule has 2 rings (SSSR count). The highest BCUT2D eigenvalue weighted by atomic mass is 79.9. The molecule has 0 fully saturated rings. The van der Waals surface area contributed by atoms with Crippen molar-refractivity contribution in [1.29, 1.82) is 0 Å². The van der Waals surface area contributed by atoms with Gasteiger partial charge >= 0.3 is 0 Å². The van der Waals surface area contributed by atoms with Gasteiger partial charge in [0.05, 0.1) is 9.35 Å². The number of anilines is 1. The zero-order chi connectivity index (χ0) is 12.6. The minimum absolute atomic E-state index is 0.0956. The fraction of sp³-hybridized carbons (Fsp3) is 0. The molecule has 2 N–H and O–H groups in total. The molecule has 6 heteroatoms. The largest absolute Gasteiger partial charge is 0.398 e. The van der Waals surface area contributed by atoms with Gasteiger partial charge in [-0.15, -0.1) is 11.3 Å². The summed E-state index contributed by atoms with van der Waals surface area (Å²) in [6.07, 6.45) is 0. The van der Waals surface area contributed by atoms with Gasteiger partial charge in [-0.25, -0.2) is 0 Å². The summed E-state index contributed by atoms with van der Waals surface area (Å²) < 4.78 is 1.91. The van der Waals surface area contributed by atoms with Crippen LogP contribution in [0.25, 0.3) is 0 Å². The summed E-state index contributed by atoms with van der Waals surface area (Å²) in [5, 5.41) is 0. The second-order valence-electron chi connectivity index (χ2n) is 3.27. The monoisotopic (exact) mass is 393 g/mol. The maximum absolute atomic E-state index is 12.2. The number of carbonyl (C=O) groups is 1. The Morgan fingerprint density at radius 1 is 1.35 bits per heavy atom. The average Bonchev–Trinajstić information content (AvgIpc) is 2.62. The van der Waals surface area contributed by atoms with Crippen LogP contribution in [0.3, 0.4) is 0 Å². The number of nitrogen functional groups attached to an aromatic ring is 1. The lowest BCUT2D eigenvalue weighted by Gasteiger charge is -2.04. The van der Waals surface area contributed by atoms with E-state index in [0.29, 0.717) is 24.9 Å². The van der Waals surface area contributed by atoms with Crippen molar-refractivity contribution in [2.45, 2.75) is 0 Å². The van der Waals surface area contributed by atoms with Crippen LogP contribution in [0.1, 0.15) is 15.2 Å². The van der Waals surface area contributed by atoms with Gasteiger partial charge in [0.1, 0.15) is 4.34 Å². The van der Waals surface area contributed by atoms with E-state index in [4.69, 9.17) is 17.3 Å². The summed E-state index contributed by atoms with van der Waals surface area (Å²) in [5.74, 6) is -0.0956. The minimum Gasteiger partial charge on any atom is -0.398 e. The molecule has 1 aromatic heterocycles. The average molecular weight is 396 g/mol. The number of hydrogen-bond acceptors (Lipinski definition) is 3. The molecule has 0 aliphatic carbocycles. The number of halogens is 3. The molecule has 0 spiro atoms. The summed E-state index contributed by atoms with van der Waals surface area (Å²) in [6.45, 7) is 0. The minimum atomic E-state index is -0.0956. The Labute approximate surface area is 124 Å². The summed E-state index contributed by atoms with van der Waals surface area (Å²) in [6, 6.07) is 6.92. The van der Waals surface area contributed by atoms with E-state index in [2.05, 4.69) is 31.9 Å². The van der Waals surface area contributed by atoms with Crippen LogP contribution in [0.5, 0.6) is 0 Å². The summed E-state index contributed by atoms with van der Waals surface area (Å²) >= 11 is 13.8. The zero-order valence-corrected chi connectivity index (χ0v) is 13.1. The molecule has 17 heavy (non-hydrogen) atoms. The third-order valence-corrected chi connectivity index (χ3v) is 5.50. The van der Waals surface area contributed by atoms with Gasteiger partial charge in [-0.05, 0) is 50.1 Å². The van der Waals surface area contributed by atoms with Crippen LogP contribution in [0.2, 0.25) is 4.34 Å². The molecule has 0 unspecified atom stereocenters. The van der Waals surface area contributed by atoms with Gasteiger partial charge in [-0.2, -0.15) is 0 Å². The quantitative estimate of drug-likeness (QED) is 0.590. The van der Waals surface area contributed by atoms with E-state index in [1.807, 2.05) is 0 Å². The summed E-state index contributed by atoms with van der Waals surface area (Å²) in [5.41, 5.74) is 6.82. The number of ketones is 1. The van der Waals surface area contributed by atoms with E-state index in [0.717, 1.165) is 4.47 Å². The highest BCUT2D eigenvalue weighted by Gasteiger charge is 2.17. The molecule has 0 aliphatic heterocycles. The van der Waals surface area contributed by atoms with Crippen LogP contribution in [-0.2, 0) is 0 Å². The van der Waals surface area contributed by atoms with Crippen molar-refractivity contribution in [2.75, 3.05) is 5.73 Å². The van der Waals surface area contributed by atoms with Crippen LogP contribution in [-0.4, -0.2) is 5.78 Å². The first-order chi connectivity index (χ1) is 8.00. The van der Waals surface area contributed by atoms with E-state index >= 15 is 0 Å². The van der Waals surface area contributed by atoms with Crippen molar-refractivity contribution in [3.8, 4) is 0 Å². The highest BCUT2D eigenvalue weighted by Crippen LogP contribution is 2.34. The molecular formula is C11H6Br2ClNOS. The lowest BCUT2D eigenvalue weighted by Crippen LogP contribution is -2.01. The second-order valence-corrected chi connectivity index (χ2v) is 6.57. The molecule has 1 heterocycles. The Bertz CT molecular complexity index is 578.